The first-order valence-electron chi connectivity index (χ1n) is 6.28. The molecular weight excluding hydrogens is 172 g/mol. The van der Waals surface area contributed by atoms with Gasteiger partial charge in [-0.2, -0.15) is 0 Å². The topological polar surface area (TPSA) is 24.1 Å². The van der Waals surface area contributed by atoms with Crippen molar-refractivity contribution >= 4 is 0 Å². The lowest BCUT2D eigenvalue weighted by Crippen LogP contribution is -2.37. The highest BCUT2D eigenvalue weighted by atomic mass is 14.9. The molecule has 1 saturated heterocycles. The molecule has 0 bridgehead atoms. The molecule has 2 aliphatic rings. The highest BCUT2D eigenvalue weighted by Crippen LogP contribution is 2.33. The quantitative estimate of drug-likeness (QED) is 0.700. The van der Waals surface area contributed by atoms with Crippen molar-refractivity contribution in [2.45, 2.75) is 45.1 Å². The first-order chi connectivity index (χ1) is 6.84. The van der Waals surface area contributed by atoms with Gasteiger partial charge in [0.15, 0.2) is 0 Å². The van der Waals surface area contributed by atoms with Gasteiger partial charge in [0.1, 0.15) is 0 Å². The zero-order valence-electron chi connectivity index (χ0n) is 9.39. The number of piperidine rings is 1. The van der Waals surface area contributed by atoms with E-state index in [-0.39, 0.29) is 0 Å². The largest absolute Gasteiger partial charge is 0.317 e. The fraction of sp³-hybridized carbons (Fsp3) is 1.00. The van der Waals surface area contributed by atoms with E-state index in [1.165, 1.54) is 51.7 Å². The molecule has 1 saturated carbocycles. The van der Waals surface area contributed by atoms with Gasteiger partial charge in [0.05, 0.1) is 0 Å². The second-order valence-corrected chi connectivity index (χ2v) is 5.18. The van der Waals surface area contributed by atoms with Crippen LogP contribution in [0.1, 0.15) is 39.0 Å². The zero-order chi connectivity index (χ0) is 9.80. The van der Waals surface area contributed by atoms with E-state index in [9.17, 15) is 0 Å². The van der Waals surface area contributed by atoms with Crippen LogP contribution in [0.2, 0.25) is 0 Å². The van der Waals surface area contributed by atoms with E-state index in [2.05, 4.69) is 17.6 Å². The molecule has 2 fully saturated rings. The standard InChI is InChI=1S/C12H24N2/c1-10(8-11-2-3-11)14-9-12-4-6-13-7-5-12/h10-14H,2-9H2,1H3. The Labute approximate surface area is 87.8 Å². The summed E-state index contributed by atoms with van der Waals surface area (Å²) in [6.07, 6.45) is 7.11. The van der Waals surface area contributed by atoms with Gasteiger partial charge >= 0.3 is 0 Å². The number of nitrogens with one attached hydrogen (secondary N) is 2. The van der Waals surface area contributed by atoms with Gasteiger partial charge < -0.3 is 10.6 Å². The molecule has 0 amide bonds. The molecule has 14 heavy (non-hydrogen) atoms. The van der Waals surface area contributed by atoms with Crippen molar-refractivity contribution in [2.24, 2.45) is 11.8 Å². The SMILES string of the molecule is CC(CC1CC1)NCC1CCNCC1. The molecule has 2 N–H and O–H groups in total. The Hall–Kier alpha value is -0.0800. The van der Waals surface area contributed by atoms with Gasteiger partial charge in [-0.3, -0.25) is 0 Å². The highest BCUT2D eigenvalue weighted by molar-refractivity contribution is 4.79. The predicted molar refractivity (Wildman–Crippen MR) is 60.4 cm³/mol. The maximum Gasteiger partial charge on any atom is 0.00414 e. The van der Waals surface area contributed by atoms with E-state index < -0.39 is 0 Å². The normalized spacial score (nSPS) is 26.4. The van der Waals surface area contributed by atoms with Crippen LogP contribution in [0.5, 0.6) is 0 Å². The average molecular weight is 196 g/mol. The Bertz CT molecular complexity index is 160. The highest BCUT2D eigenvalue weighted by Gasteiger charge is 2.23. The van der Waals surface area contributed by atoms with E-state index in [1.54, 1.807) is 0 Å². The molecule has 1 atom stereocenters. The fourth-order valence-corrected chi connectivity index (χ4v) is 2.39. The van der Waals surface area contributed by atoms with E-state index >= 15 is 0 Å². The molecule has 1 aliphatic carbocycles. The van der Waals surface area contributed by atoms with Crippen LogP contribution < -0.4 is 10.6 Å². The van der Waals surface area contributed by atoms with E-state index in [1.807, 2.05) is 0 Å². The van der Waals surface area contributed by atoms with Gasteiger partial charge in [-0.05, 0) is 57.7 Å². The van der Waals surface area contributed by atoms with Crippen LogP contribution in [-0.2, 0) is 0 Å². The van der Waals surface area contributed by atoms with Crippen molar-refractivity contribution < 1.29 is 0 Å². The fourth-order valence-electron chi connectivity index (χ4n) is 2.39. The molecule has 2 rings (SSSR count). The Morgan fingerprint density at radius 3 is 2.50 bits per heavy atom. The van der Waals surface area contributed by atoms with Crippen molar-refractivity contribution in [3.05, 3.63) is 0 Å². The molecule has 0 spiro atoms. The van der Waals surface area contributed by atoms with E-state index in [0.717, 1.165) is 17.9 Å². The van der Waals surface area contributed by atoms with Crippen LogP contribution in [-0.4, -0.2) is 25.7 Å². The van der Waals surface area contributed by atoms with Crippen LogP contribution in [0.15, 0.2) is 0 Å². The second-order valence-electron chi connectivity index (χ2n) is 5.18. The summed E-state index contributed by atoms with van der Waals surface area (Å²) in [7, 11) is 0. The maximum absolute atomic E-state index is 3.70. The van der Waals surface area contributed by atoms with Crippen LogP contribution >= 0.6 is 0 Å². The van der Waals surface area contributed by atoms with Crippen LogP contribution in [0.4, 0.5) is 0 Å². The monoisotopic (exact) mass is 196 g/mol. The summed E-state index contributed by atoms with van der Waals surface area (Å²) in [6.45, 7) is 6.04. The molecule has 1 aliphatic heterocycles. The summed E-state index contributed by atoms with van der Waals surface area (Å²) < 4.78 is 0. The molecule has 1 heterocycles. The minimum absolute atomic E-state index is 0.748. The van der Waals surface area contributed by atoms with Gasteiger partial charge in [0, 0.05) is 6.04 Å². The number of hydrogen-bond acceptors (Lipinski definition) is 2. The molecule has 2 heteroatoms. The first-order valence-corrected chi connectivity index (χ1v) is 6.28. The summed E-state index contributed by atoms with van der Waals surface area (Å²) in [5.41, 5.74) is 0. The van der Waals surface area contributed by atoms with Gasteiger partial charge in [-0.1, -0.05) is 12.8 Å². The van der Waals surface area contributed by atoms with Gasteiger partial charge in [0.2, 0.25) is 0 Å². The zero-order valence-corrected chi connectivity index (χ0v) is 9.39. The third-order valence-corrected chi connectivity index (χ3v) is 3.60. The minimum Gasteiger partial charge on any atom is -0.317 e. The third kappa shape index (κ3) is 3.58. The van der Waals surface area contributed by atoms with Gasteiger partial charge in [-0.15, -0.1) is 0 Å². The second kappa shape index (κ2) is 5.13. The molecule has 0 aromatic rings. The van der Waals surface area contributed by atoms with Crippen LogP contribution in [0.25, 0.3) is 0 Å². The smallest absolute Gasteiger partial charge is 0.00414 e. The first kappa shape index (κ1) is 10.4. The predicted octanol–water partition coefficient (Wildman–Crippen LogP) is 1.76. The molecule has 0 aromatic heterocycles. The Balaban J connectivity index is 1.55. The van der Waals surface area contributed by atoms with Crippen molar-refractivity contribution in [2.75, 3.05) is 19.6 Å². The maximum atomic E-state index is 3.70. The molecule has 0 radical (unpaired) electrons. The van der Waals surface area contributed by atoms with Crippen LogP contribution in [0.3, 0.4) is 0 Å². The van der Waals surface area contributed by atoms with Gasteiger partial charge in [0.25, 0.3) is 0 Å². The molecule has 0 aromatic carbocycles. The Morgan fingerprint density at radius 1 is 1.14 bits per heavy atom. The third-order valence-electron chi connectivity index (χ3n) is 3.60. The average Bonchev–Trinajstić information content (AvgIpc) is 3.00. The number of rotatable bonds is 5. The van der Waals surface area contributed by atoms with E-state index in [4.69, 9.17) is 0 Å². The lowest BCUT2D eigenvalue weighted by molar-refractivity contribution is 0.336. The van der Waals surface area contributed by atoms with Crippen molar-refractivity contribution in [3.63, 3.8) is 0 Å². The summed E-state index contributed by atoms with van der Waals surface area (Å²) in [5, 5.41) is 7.11. The van der Waals surface area contributed by atoms with Crippen molar-refractivity contribution in [1.82, 2.24) is 10.6 Å². The van der Waals surface area contributed by atoms with Crippen molar-refractivity contribution in [3.8, 4) is 0 Å². The summed E-state index contributed by atoms with van der Waals surface area (Å²) >= 11 is 0. The Kier molecular flexibility index (Phi) is 3.82. The Morgan fingerprint density at radius 2 is 1.86 bits per heavy atom. The summed E-state index contributed by atoms with van der Waals surface area (Å²) in [6, 6.07) is 0.748. The molecule has 2 nitrogen and oxygen atoms in total. The van der Waals surface area contributed by atoms with Crippen LogP contribution in [0, 0.1) is 11.8 Å². The van der Waals surface area contributed by atoms with Crippen molar-refractivity contribution in [1.29, 1.82) is 0 Å². The molecule has 82 valence electrons. The van der Waals surface area contributed by atoms with E-state index in [0.29, 0.717) is 0 Å². The summed E-state index contributed by atoms with van der Waals surface area (Å²) in [4.78, 5) is 0. The number of hydrogen-bond donors (Lipinski definition) is 2. The minimum atomic E-state index is 0.748. The lowest BCUT2D eigenvalue weighted by atomic mass is 9.97. The molecule has 1 unspecified atom stereocenters. The van der Waals surface area contributed by atoms with Gasteiger partial charge in [-0.25, -0.2) is 0 Å². The lowest BCUT2D eigenvalue weighted by Gasteiger charge is -2.24. The molecular formula is C12H24N2. The summed E-state index contributed by atoms with van der Waals surface area (Å²) in [5.74, 6) is 1.99.